The summed E-state index contributed by atoms with van der Waals surface area (Å²) in [5.74, 6) is -2.20. The van der Waals surface area contributed by atoms with Crippen LogP contribution in [0.3, 0.4) is 0 Å². The first-order valence-electron chi connectivity index (χ1n) is 10.3. The van der Waals surface area contributed by atoms with Crippen molar-refractivity contribution < 1.29 is 27.2 Å². The fourth-order valence-electron chi connectivity index (χ4n) is 4.50. The van der Waals surface area contributed by atoms with Crippen LogP contribution in [-0.2, 0) is 11.0 Å². The Morgan fingerprint density at radius 2 is 1.91 bits per heavy atom. The van der Waals surface area contributed by atoms with Crippen LogP contribution in [0.25, 0.3) is 0 Å². The molecule has 1 saturated heterocycles. The van der Waals surface area contributed by atoms with Gasteiger partial charge in [0.25, 0.3) is 11.8 Å². The van der Waals surface area contributed by atoms with Gasteiger partial charge in [-0.25, -0.2) is 4.39 Å². The molecule has 174 valence electrons. The molecule has 2 aliphatic rings. The van der Waals surface area contributed by atoms with Gasteiger partial charge in [0, 0.05) is 18.4 Å². The summed E-state index contributed by atoms with van der Waals surface area (Å²) < 4.78 is 56.0. The number of anilines is 2. The second-order valence-corrected chi connectivity index (χ2v) is 8.51. The first-order valence-corrected chi connectivity index (χ1v) is 10.7. The van der Waals surface area contributed by atoms with Crippen LogP contribution >= 0.6 is 12.2 Å². The second kappa shape index (κ2) is 8.37. The SMILES string of the molecule is [B]c1cc(C#N)c(C(F)(F)F)c([B])c1N1C(=O)C2(CCC2)N(c2ccc(C(=O)NC)c(F)c2)C1=S. The molecule has 2 aromatic carbocycles. The van der Waals surface area contributed by atoms with Crippen molar-refractivity contribution in [2.24, 2.45) is 0 Å². The topological polar surface area (TPSA) is 76.4 Å². The minimum atomic E-state index is -5.01. The Balaban J connectivity index is 1.89. The van der Waals surface area contributed by atoms with Crippen LogP contribution in [-0.4, -0.2) is 45.2 Å². The van der Waals surface area contributed by atoms with Crippen molar-refractivity contribution in [1.82, 2.24) is 5.32 Å². The van der Waals surface area contributed by atoms with E-state index in [1.807, 2.05) is 0 Å². The Hall–Kier alpha value is -3.39. The third-order valence-corrected chi connectivity index (χ3v) is 6.63. The maximum absolute atomic E-state index is 14.7. The van der Waals surface area contributed by atoms with E-state index in [-0.39, 0.29) is 21.8 Å². The number of alkyl halides is 3. The van der Waals surface area contributed by atoms with Crippen molar-refractivity contribution in [3.63, 3.8) is 0 Å². The molecule has 2 amide bonds. The summed E-state index contributed by atoms with van der Waals surface area (Å²) >= 11 is 5.49. The summed E-state index contributed by atoms with van der Waals surface area (Å²) in [6, 6.07) is 5.85. The number of carbonyl (C=O) groups excluding carboxylic acids is 2. The lowest BCUT2D eigenvalue weighted by molar-refractivity contribution is -0.137. The van der Waals surface area contributed by atoms with Gasteiger partial charge in [0.1, 0.15) is 27.0 Å². The van der Waals surface area contributed by atoms with E-state index in [0.717, 1.165) is 17.0 Å². The molecule has 0 bridgehead atoms. The van der Waals surface area contributed by atoms with Crippen LogP contribution in [0.4, 0.5) is 28.9 Å². The Labute approximate surface area is 205 Å². The third kappa shape index (κ3) is 3.58. The van der Waals surface area contributed by atoms with Crippen molar-refractivity contribution in [3.05, 3.63) is 46.8 Å². The molecule has 4 radical (unpaired) electrons. The number of hydrogen-bond donors (Lipinski definition) is 1. The Kier molecular flexibility index (Phi) is 5.92. The zero-order valence-corrected chi connectivity index (χ0v) is 19.0. The quantitative estimate of drug-likeness (QED) is 0.398. The minimum Gasteiger partial charge on any atom is -0.355 e. The summed E-state index contributed by atoms with van der Waals surface area (Å²) in [6.07, 6.45) is -3.80. The lowest BCUT2D eigenvalue weighted by atomic mass is 9.74. The molecule has 1 saturated carbocycles. The average molecular weight is 496 g/mol. The van der Waals surface area contributed by atoms with Gasteiger partial charge in [0.05, 0.1) is 22.8 Å². The summed E-state index contributed by atoms with van der Waals surface area (Å²) in [4.78, 5) is 27.6. The molecule has 1 N–H and O–H groups in total. The zero-order valence-electron chi connectivity index (χ0n) is 18.2. The summed E-state index contributed by atoms with van der Waals surface area (Å²) in [7, 11) is 13.2. The number of carbonyl (C=O) groups is 2. The lowest BCUT2D eigenvalue weighted by Crippen LogP contribution is -2.55. The van der Waals surface area contributed by atoms with Gasteiger partial charge < -0.3 is 10.2 Å². The molecular weight excluding hydrogens is 482 g/mol. The lowest BCUT2D eigenvalue weighted by Gasteiger charge is -2.43. The molecule has 1 heterocycles. The first kappa shape index (κ1) is 24.7. The molecule has 2 fully saturated rings. The maximum Gasteiger partial charge on any atom is 0.417 e. The van der Waals surface area contributed by atoms with Crippen LogP contribution in [0.1, 0.15) is 40.7 Å². The van der Waals surface area contributed by atoms with Gasteiger partial charge in [0.15, 0.2) is 5.11 Å². The molecule has 0 aromatic heterocycles. The number of hydrogen-bond acceptors (Lipinski definition) is 4. The summed E-state index contributed by atoms with van der Waals surface area (Å²) in [5.41, 5.74) is -5.34. The van der Waals surface area contributed by atoms with Gasteiger partial charge >= 0.3 is 6.18 Å². The van der Waals surface area contributed by atoms with Crippen molar-refractivity contribution in [2.75, 3.05) is 16.8 Å². The van der Waals surface area contributed by atoms with E-state index in [1.54, 1.807) is 0 Å². The fraction of sp³-hybridized carbons (Fsp3) is 0.273. The van der Waals surface area contributed by atoms with E-state index in [4.69, 9.17) is 27.9 Å². The highest BCUT2D eigenvalue weighted by Gasteiger charge is 2.60. The van der Waals surface area contributed by atoms with Crippen molar-refractivity contribution in [2.45, 2.75) is 31.0 Å². The number of benzene rings is 2. The van der Waals surface area contributed by atoms with Gasteiger partial charge in [-0.1, -0.05) is 10.9 Å². The van der Waals surface area contributed by atoms with Gasteiger partial charge in [-0.2, -0.15) is 18.4 Å². The van der Waals surface area contributed by atoms with Crippen LogP contribution in [0.5, 0.6) is 0 Å². The number of thiocarbonyl (C=S) groups is 1. The summed E-state index contributed by atoms with van der Waals surface area (Å²) in [6.45, 7) is 0. The van der Waals surface area contributed by atoms with Gasteiger partial charge in [-0.3, -0.25) is 14.5 Å². The highest BCUT2D eigenvalue weighted by Crippen LogP contribution is 2.48. The van der Waals surface area contributed by atoms with Gasteiger partial charge in [-0.05, 0) is 55.7 Å². The highest BCUT2D eigenvalue weighted by atomic mass is 32.1. The Morgan fingerprint density at radius 1 is 1.26 bits per heavy atom. The van der Waals surface area contributed by atoms with Crippen molar-refractivity contribution >= 4 is 67.1 Å². The van der Waals surface area contributed by atoms with Gasteiger partial charge in [-0.15, -0.1) is 0 Å². The molecule has 13 heteroatoms. The predicted octanol–water partition coefficient (Wildman–Crippen LogP) is 1.72. The minimum absolute atomic E-state index is 0.137. The van der Waals surface area contributed by atoms with Crippen LogP contribution in [0.2, 0.25) is 0 Å². The van der Waals surface area contributed by atoms with Gasteiger partial charge in [0.2, 0.25) is 0 Å². The first-order chi connectivity index (χ1) is 16.4. The second-order valence-electron chi connectivity index (χ2n) is 8.15. The monoisotopic (exact) mass is 496 g/mol. The summed E-state index contributed by atoms with van der Waals surface area (Å²) in [5, 5.41) is 11.2. The van der Waals surface area contributed by atoms with E-state index < -0.39 is 51.6 Å². The molecule has 4 rings (SSSR count). The molecule has 35 heavy (non-hydrogen) atoms. The predicted molar refractivity (Wildman–Crippen MR) is 126 cm³/mol. The normalized spacial score (nSPS) is 16.9. The highest BCUT2D eigenvalue weighted by molar-refractivity contribution is 7.81. The third-order valence-electron chi connectivity index (χ3n) is 6.27. The number of halogens is 4. The molecule has 6 nitrogen and oxygen atoms in total. The molecule has 2 aromatic rings. The van der Waals surface area contributed by atoms with E-state index in [1.165, 1.54) is 30.1 Å². The number of nitriles is 1. The zero-order chi connectivity index (χ0) is 25.9. The maximum atomic E-state index is 14.7. The van der Waals surface area contributed by atoms with Crippen molar-refractivity contribution in [1.29, 1.82) is 5.26 Å². The Bertz CT molecular complexity index is 1340. The average Bonchev–Trinajstić information content (AvgIpc) is 2.99. The number of amides is 2. The van der Waals surface area contributed by atoms with Crippen LogP contribution in [0.15, 0.2) is 24.3 Å². The van der Waals surface area contributed by atoms with E-state index in [2.05, 4.69) is 5.32 Å². The smallest absolute Gasteiger partial charge is 0.355 e. The number of rotatable bonds is 3. The van der Waals surface area contributed by atoms with E-state index in [9.17, 15) is 32.4 Å². The molecule has 0 atom stereocenters. The number of nitrogens with zero attached hydrogens (tertiary/aromatic N) is 3. The molecule has 1 spiro atoms. The van der Waals surface area contributed by atoms with E-state index in [0.29, 0.717) is 19.3 Å². The molecular formula is C22H14B2F4N4O2S. The Morgan fingerprint density at radius 3 is 2.40 bits per heavy atom. The molecule has 0 unspecified atom stereocenters. The van der Waals surface area contributed by atoms with Crippen molar-refractivity contribution in [3.8, 4) is 6.07 Å². The number of nitrogens with one attached hydrogen (secondary N) is 1. The standard InChI is InChI=1S/C22H14B2F4N4O2S/c1-30-18(33)12-4-3-11(8-14(12)25)32-20(35)31(19(34)21(32)5-2-6-21)17-13(23)7-10(9-29)15(16(17)24)22(26,27)28/h3-4,7-8H,2,5-6H2,1H3,(H,30,33). The van der Waals surface area contributed by atoms with E-state index >= 15 is 0 Å². The molecule has 1 aliphatic heterocycles. The fourth-order valence-corrected chi connectivity index (χ4v) is 4.95. The van der Waals surface area contributed by atoms with Crippen LogP contribution < -0.4 is 26.0 Å². The van der Waals surface area contributed by atoms with Crippen LogP contribution in [0, 0.1) is 17.1 Å². The largest absolute Gasteiger partial charge is 0.417 e. The molecule has 1 aliphatic carbocycles.